The molecule has 0 bridgehead atoms. The minimum Gasteiger partial charge on any atom is -0.455 e. The zero-order valence-electron chi connectivity index (χ0n) is 10.9. The summed E-state index contributed by atoms with van der Waals surface area (Å²) in [6.45, 7) is 10.1. The molecule has 0 aromatic rings. The summed E-state index contributed by atoms with van der Waals surface area (Å²) in [6, 6.07) is 0. The van der Waals surface area contributed by atoms with Gasteiger partial charge in [-0.3, -0.25) is 0 Å². The highest BCUT2D eigenvalue weighted by Gasteiger charge is 2.60. The van der Waals surface area contributed by atoms with E-state index in [1.54, 1.807) is 0 Å². The van der Waals surface area contributed by atoms with E-state index in [1.807, 2.05) is 0 Å². The summed E-state index contributed by atoms with van der Waals surface area (Å²) in [7, 11) is 0. The molecule has 3 aliphatic rings. The van der Waals surface area contributed by atoms with Gasteiger partial charge in [0.2, 0.25) is 0 Å². The average molecular weight is 248 g/mol. The Morgan fingerprint density at radius 1 is 1.39 bits per heavy atom. The molecule has 3 rings (SSSR count). The van der Waals surface area contributed by atoms with E-state index < -0.39 is 17.7 Å². The summed E-state index contributed by atoms with van der Waals surface area (Å²) in [5.41, 5.74) is 0.384. The molecule has 1 heterocycles. The van der Waals surface area contributed by atoms with Gasteiger partial charge >= 0.3 is 5.97 Å². The van der Waals surface area contributed by atoms with Crippen molar-refractivity contribution >= 4 is 5.97 Å². The maximum absolute atomic E-state index is 11.6. The predicted molar refractivity (Wildman–Crippen MR) is 67.8 cm³/mol. The molecule has 4 atom stereocenters. The zero-order valence-corrected chi connectivity index (χ0v) is 10.9. The molecular weight excluding hydrogens is 228 g/mol. The van der Waals surface area contributed by atoms with E-state index in [0.29, 0.717) is 6.42 Å². The van der Waals surface area contributed by atoms with E-state index in [1.165, 1.54) is 5.57 Å². The molecule has 1 aliphatic heterocycles. The van der Waals surface area contributed by atoms with Gasteiger partial charge in [0.15, 0.2) is 0 Å². The molecule has 2 aliphatic carbocycles. The smallest absolute Gasteiger partial charge is 0.336 e. The third-order valence-corrected chi connectivity index (χ3v) is 5.30. The molecule has 0 amide bonds. The van der Waals surface area contributed by atoms with Crippen LogP contribution < -0.4 is 0 Å². The summed E-state index contributed by atoms with van der Waals surface area (Å²) in [5.74, 6) is -0.158. The number of esters is 1. The summed E-state index contributed by atoms with van der Waals surface area (Å²) >= 11 is 0. The second-order valence-corrected chi connectivity index (χ2v) is 6.42. The molecule has 3 nitrogen and oxygen atoms in total. The quantitative estimate of drug-likeness (QED) is 0.406. The number of ether oxygens (including phenoxy) is 1. The third-order valence-electron chi connectivity index (χ3n) is 5.30. The van der Waals surface area contributed by atoms with E-state index in [4.69, 9.17) is 4.74 Å². The van der Waals surface area contributed by atoms with Gasteiger partial charge in [0.05, 0.1) is 5.57 Å². The van der Waals surface area contributed by atoms with Gasteiger partial charge in [-0.1, -0.05) is 25.7 Å². The molecule has 0 radical (unpaired) electrons. The van der Waals surface area contributed by atoms with Crippen LogP contribution in [0.25, 0.3) is 0 Å². The van der Waals surface area contributed by atoms with Crippen molar-refractivity contribution in [3.05, 3.63) is 24.3 Å². The maximum atomic E-state index is 11.6. The number of carbonyl (C=O) groups is 1. The molecule has 1 saturated heterocycles. The van der Waals surface area contributed by atoms with E-state index in [0.717, 1.165) is 25.7 Å². The molecule has 1 N–H and O–H groups in total. The van der Waals surface area contributed by atoms with Crippen LogP contribution >= 0.6 is 0 Å². The third kappa shape index (κ3) is 1.37. The Kier molecular flexibility index (Phi) is 2.31. The molecule has 0 aromatic heterocycles. The van der Waals surface area contributed by atoms with Gasteiger partial charge in [-0.2, -0.15) is 0 Å². The van der Waals surface area contributed by atoms with Crippen LogP contribution in [0, 0.1) is 11.3 Å². The van der Waals surface area contributed by atoms with E-state index in [9.17, 15) is 9.90 Å². The second-order valence-electron chi connectivity index (χ2n) is 6.42. The van der Waals surface area contributed by atoms with Crippen molar-refractivity contribution in [2.45, 2.75) is 50.7 Å². The van der Waals surface area contributed by atoms with Crippen LogP contribution in [0.5, 0.6) is 0 Å². The van der Waals surface area contributed by atoms with Gasteiger partial charge in [-0.25, -0.2) is 4.79 Å². The number of hydrogen-bond acceptors (Lipinski definition) is 3. The van der Waals surface area contributed by atoms with Gasteiger partial charge in [-0.05, 0) is 43.4 Å². The Bertz CT molecular complexity index is 453. The van der Waals surface area contributed by atoms with Crippen LogP contribution in [-0.4, -0.2) is 22.8 Å². The first-order valence-corrected chi connectivity index (χ1v) is 6.67. The van der Waals surface area contributed by atoms with Gasteiger partial charge in [0.1, 0.15) is 11.7 Å². The Morgan fingerprint density at radius 3 is 2.83 bits per heavy atom. The highest BCUT2D eigenvalue weighted by molar-refractivity contribution is 5.93. The van der Waals surface area contributed by atoms with Crippen molar-refractivity contribution in [2.75, 3.05) is 0 Å². The number of rotatable bonds is 0. The fraction of sp³-hybridized carbons (Fsp3) is 0.667. The summed E-state index contributed by atoms with van der Waals surface area (Å²) in [5, 5.41) is 10.7. The first-order valence-electron chi connectivity index (χ1n) is 6.67. The highest BCUT2D eigenvalue weighted by atomic mass is 16.6. The number of aliphatic hydroxyl groups is 1. The molecule has 2 saturated carbocycles. The molecule has 0 aromatic carbocycles. The Labute approximate surface area is 108 Å². The van der Waals surface area contributed by atoms with Crippen LogP contribution in [0.3, 0.4) is 0 Å². The largest absolute Gasteiger partial charge is 0.455 e. The van der Waals surface area contributed by atoms with Crippen molar-refractivity contribution in [1.82, 2.24) is 0 Å². The Balaban J connectivity index is 1.99. The topological polar surface area (TPSA) is 46.5 Å². The van der Waals surface area contributed by atoms with E-state index >= 15 is 0 Å². The number of carbonyl (C=O) groups excluding carboxylic acids is 1. The van der Waals surface area contributed by atoms with Crippen LogP contribution in [0.4, 0.5) is 0 Å². The summed E-state index contributed by atoms with van der Waals surface area (Å²) in [6.07, 6.45) is 4.14. The van der Waals surface area contributed by atoms with Crippen molar-refractivity contribution < 1.29 is 14.6 Å². The molecule has 3 fully saturated rings. The van der Waals surface area contributed by atoms with Gasteiger partial charge < -0.3 is 9.84 Å². The molecular formula is C15H20O3. The van der Waals surface area contributed by atoms with E-state index in [2.05, 4.69) is 20.1 Å². The lowest BCUT2D eigenvalue weighted by Crippen LogP contribution is -2.53. The summed E-state index contributed by atoms with van der Waals surface area (Å²) in [4.78, 5) is 11.6. The van der Waals surface area contributed by atoms with Gasteiger partial charge in [-0.15, -0.1) is 0 Å². The van der Waals surface area contributed by atoms with Crippen LogP contribution in [-0.2, 0) is 9.53 Å². The minimum atomic E-state index is -1.17. The van der Waals surface area contributed by atoms with Crippen molar-refractivity contribution in [3.8, 4) is 0 Å². The van der Waals surface area contributed by atoms with E-state index in [-0.39, 0.29) is 16.9 Å². The number of allylic oxidation sites excluding steroid dienone is 1. The Hall–Kier alpha value is -1.09. The van der Waals surface area contributed by atoms with Crippen LogP contribution in [0.15, 0.2) is 24.3 Å². The number of hydrogen-bond donors (Lipinski definition) is 1. The fourth-order valence-corrected chi connectivity index (χ4v) is 4.06. The van der Waals surface area contributed by atoms with Crippen molar-refractivity contribution in [1.29, 1.82) is 0 Å². The first-order chi connectivity index (χ1) is 8.37. The molecule has 0 spiro atoms. The monoisotopic (exact) mass is 248 g/mol. The normalized spacial score (nSPS) is 47.6. The second kappa shape index (κ2) is 3.47. The van der Waals surface area contributed by atoms with Gasteiger partial charge in [0.25, 0.3) is 0 Å². The minimum absolute atomic E-state index is 0.108. The fourth-order valence-electron chi connectivity index (χ4n) is 4.06. The molecule has 4 unspecified atom stereocenters. The number of fused-ring (bicyclic) bond motifs is 2. The van der Waals surface area contributed by atoms with Crippen LogP contribution in [0.2, 0.25) is 0 Å². The highest BCUT2D eigenvalue weighted by Crippen LogP contribution is 2.57. The lowest BCUT2D eigenvalue weighted by atomic mass is 9.54. The molecule has 98 valence electrons. The first kappa shape index (κ1) is 12.0. The van der Waals surface area contributed by atoms with Crippen LogP contribution in [0.1, 0.15) is 39.0 Å². The van der Waals surface area contributed by atoms with Crippen molar-refractivity contribution in [2.24, 2.45) is 11.3 Å². The lowest BCUT2D eigenvalue weighted by molar-refractivity contribution is -0.150. The van der Waals surface area contributed by atoms with Gasteiger partial charge in [0, 0.05) is 0 Å². The standard InChI is InChI=1S/C15H20O3/c1-9-5-4-6-14(3)8-12-15(17,7-11(9)14)10(2)13(16)18-12/h11-12,17H,1-2,4-8H2,3H3. The average Bonchev–Trinajstić information content (AvgIpc) is 2.50. The summed E-state index contributed by atoms with van der Waals surface area (Å²) < 4.78 is 5.31. The molecule has 3 heteroatoms. The lowest BCUT2D eigenvalue weighted by Gasteiger charge is -2.52. The molecule has 18 heavy (non-hydrogen) atoms. The predicted octanol–water partition coefficient (Wildman–Crippen LogP) is 2.36. The maximum Gasteiger partial charge on any atom is 0.336 e. The zero-order chi connectivity index (χ0) is 13.1. The Morgan fingerprint density at radius 2 is 2.11 bits per heavy atom. The van der Waals surface area contributed by atoms with Crippen molar-refractivity contribution in [3.63, 3.8) is 0 Å². The SMILES string of the molecule is C=C1CCCC2(C)CC3OC(=O)C(=C)C3(O)CC12.